The number of aromatic amines is 1. The molecule has 6 aromatic rings. The number of pyridine rings is 1. The van der Waals surface area contributed by atoms with Gasteiger partial charge in [0.25, 0.3) is 17.7 Å². The molecule has 1 aliphatic heterocycles. The number of aromatic nitrogens is 8. The largest absolute Gasteiger partial charge is 0.484 e. The molecule has 5 heterocycles. The number of aryl methyl sites for hydroxylation is 2. The molecule has 6 amide bonds. The van der Waals surface area contributed by atoms with Crippen LogP contribution in [0.15, 0.2) is 85.3 Å². The predicted octanol–water partition coefficient (Wildman–Crippen LogP) is 3.97. The van der Waals surface area contributed by atoms with Crippen molar-refractivity contribution in [2.24, 2.45) is 23.2 Å². The molecule has 468 valence electrons. The molecule has 27 nitrogen and oxygen atoms in total. The van der Waals surface area contributed by atoms with E-state index in [1.807, 2.05) is 58.9 Å². The lowest BCUT2D eigenvalue weighted by atomic mass is 9.88. The summed E-state index contributed by atoms with van der Waals surface area (Å²) >= 11 is 0. The number of benzene rings is 2. The van der Waals surface area contributed by atoms with Gasteiger partial charge in [-0.25, -0.2) is 14.5 Å². The number of rotatable bonds is 32. The van der Waals surface area contributed by atoms with Gasteiger partial charge in [0.15, 0.2) is 6.61 Å². The van der Waals surface area contributed by atoms with Crippen LogP contribution >= 0.6 is 0 Å². The maximum Gasteiger partial charge on any atom is 0.326 e. The molecule has 27 heteroatoms. The minimum absolute atomic E-state index is 0.0145. The minimum atomic E-state index is -1.13. The maximum atomic E-state index is 14.1. The Bertz CT molecular complexity index is 3370. The topological polar surface area (TPSA) is 350 Å². The van der Waals surface area contributed by atoms with Gasteiger partial charge < -0.3 is 60.6 Å². The van der Waals surface area contributed by atoms with Crippen molar-refractivity contribution in [3.05, 3.63) is 114 Å². The number of aliphatic hydroxyl groups is 1. The van der Waals surface area contributed by atoms with Crippen LogP contribution in [-0.2, 0) is 53.1 Å². The summed E-state index contributed by atoms with van der Waals surface area (Å²) in [4.78, 5) is 96.4. The van der Waals surface area contributed by atoms with Gasteiger partial charge in [0.1, 0.15) is 48.1 Å². The number of H-pyrrole nitrogens is 1. The van der Waals surface area contributed by atoms with Crippen molar-refractivity contribution in [3.63, 3.8) is 0 Å². The van der Waals surface area contributed by atoms with Crippen LogP contribution in [0.5, 0.6) is 17.4 Å². The number of carbonyl (C=O) groups excluding carboxylic acids is 6. The fourth-order valence-electron chi connectivity index (χ4n) is 10.3. The van der Waals surface area contributed by atoms with E-state index in [2.05, 4.69) is 57.2 Å². The van der Waals surface area contributed by atoms with Crippen LogP contribution in [0.25, 0.3) is 11.1 Å². The van der Waals surface area contributed by atoms with E-state index in [1.165, 1.54) is 46.2 Å². The van der Waals surface area contributed by atoms with Crippen molar-refractivity contribution in [1.29, 1.82) is 0 Å². The van der Waals surface area contributed by atoms with Gasteiger partial charge >= 0.3 is 5.97 Å². The predicted molar refractivity (Wildman–Crippen MR) is 316 cm³/mol. The van der Waals surface area contributed by atoms with Crippen molar-refractivity contribution in [2.45, 2.75) is 117 Å². The molecule has 1 unspecified atom stereocenters. The van der Waals surface area contributed by atoms with E-state index < -0.39 is 41.9 Å². The first kappa shape index (κ1) is 63.4. The zero-order valence-electron chi connectivity index (χ0n) is 49.9. The van der Waals surface area contributed by atoms with Crippen molar-refractivity contribution in [2.75, 3.05) is 51.3 Å². The summed E-state index contributed by atoms with van der Waals surface area (Å²) in [6.07, 6.45) is 7.81. The van der Waals surface area contributed by atoms with Gasteiger partial charge in [-0.2, -0.15) is 10.2 Å². The Kier molecular flexibility index (Phi) is 21.0. The molecule has 3 fully saturated rings. The second-order valence-electron chi connectivity index (χ2n) is 23.7. The lowest BCUT2D eigenvalue weighted by molar-refractivity contribution is -0.150. The summed E-state index contributed by atoms with van der Waals surface area (Å²) in [5.74, 6) is -1.99. The lowest BCUT2D eigenvalue weighted by Gasteiger charge is -2.38. The van der Waals surface area contributed by atoms with Crippen LogP contribution in [0.3, 0.4) is 0 Å². The van der Waals surface area contributed by atoms with Crippen LogP contribution in [0.4, 0.5) is 5.69 Å². The molecule has 0 radical (unpaired) electrons. The second kappa shape index (κ2) is 29.1. The molecule has 2 aromatic carbocycles. The highest BCUT2D eigenvalue weighted by atomic mass is 16.5. The van der Waals surface area contributed by atoms with Gasteiger partial charge in [0, 0.05) is 67.7 Å². The van der Waals surface area contributed by atoms with E-state index in [-0.39, 0.29) is 111 Å². The second-order valence-corrected chi connectivity index (χ2v) is 23.7. The number of amides is 6. The number of carboxylic acids is 1. The minimum Gasteiger partial charge on any atom is -0.484 e. The lowest BCUT2D eigenvalue weighted by Crippen LogP contribution is -2.56. The van der Waals surface area contributed by atoms with Crippen molar-refractivity contribution in [1.82, 2.24) is 66.1 Å². The van der Waals surface area contributed by atoms with Crippen molar-refractivity contribution in [3.8, 4) is 28.5 Å². The molecule has 2 aliphatic carbocycles. The Morgan fingerprint density at radius 2 is 1.61 bits per heavy atom. The average molecular weight is 1210 g/mol. The van der Waals surface area contributed by atoms with Crippen molar-refractivity contribution < 1.29 is 62.7 Å². The Morgan fingerprint density at radius 1 is 0.864 bits per heavy atom. The van der Waals surface area contributed by atoms with E-state index in [0.717, 1.165) is 48.2 Å². The Morgan fingerprint density at radius 3 is 2.30 bits per heavy atom. The summed E-state index contributed by atoms with van der Waals surface area (Å²) in [7, 11) is 0. The number of aliphatic hydroxyl groups excluding tert-OH is 1. The SMILES string of the molecule is Cc1n[nH]c(C)c1-c1ccc(NC(=O)[C@@H](NC(=O)c2ccnn2CC(O)CNC(=O)Cn2cc(COCC(=O)N3CC(OCCNC(=O)COc4cccc(Oc5ccc(C(=O)N[C@@H](CCC(C)(C)C)C(=O)O)cn5)c4)C3)nn2)C(C2CC2)C2CC2)cc1. The number of carbonyl (C=O) groups is 7. The van der Waals surface area contributed by atoms with Crippen molar-refractivity contribution >= 4 is 47.1 Å². The number of anilines is 1. The molecular formula is C61H76N14O13. The van der Waals surface area contributed by atoms with Gasteiger partial charge in [-0.3, -0.25) is 38.5 Å². The zero-order chi connectivity index (χ0) is 62.5. The molecule has 8 N–H and O–H groups in total. The molecule has 4 aromatic heterocycles. The average Bonchev–Trinajstić information content (AvgIpc) is 2.19. The first-order valence-corrected chi connectivity index (χ1v) is 29.5. The Labute approximate surface area is 508 Å². The monoisotopic (exact) mass is 1210 g/mol. The number of nitrogens with zero attached hydrogens (tertiary/aromatic N) is 8. The third kappa shape index (κ3) is 18.2. The van der Waals surface area contributed by atoms with Crippen LogP contribution in [0.2, 0.25) is 0 Å². The number of carboxylic acid groups (broad SMARTS) is 1. The summed E-state index contributed by atoms with van der Waals surface area (Å²) in [6, 6.07) is 16.8. The zero-order valence-corrected chi connectivity index (χ0v) is 49.9. The van der Waals surface area contributed by atoms with Gasteiger partial charge in [-0.1, -0.05) is 44.2 Å². The third-order valence-corrected chi connectivity index (χ3v) is 15.3. The Hall–Kier alpha value is -9.08. The van der Waals surface area contributed by atoms with Gasteiger partial charge in [-0.15, -0.1) is 5.10 Å². The number of aliphatic carboxylic acids is 1. The molecule has 9 rings (SSSR count). The smallest absolute Gasteiger partial charge is 0.326 e. The normalized spacial score (nSPS) is 15.1. The van der Waals surface area contributed by atoms with Crippen LogP contribution in [0.1, 0.15) is 97.2 Å². The number of ether oxygens (including phenoxy) is 4. The molecule has 3 atom stereocenters. The number of likely N-dealkylation sites (tertiary alicyclic amines) is 1. The molecule has 1 saturated heterocycles. The van der Waals surface area contributed by atoms with E-state index in [0.29, 0.717) is 54.2 Å². The number of hydrogen-bond acceptors (Lipinski definition) is 17. The molecule has 2 saturated carbocycles. The summed E-state index contributed by atoms with van der Waals surface area (Å²) in [5.41, 5.74) is 5.05. The van der Waals surface area contributed by atoms with Gasteiger partial charge in [0.2, 0.25) is 23.6 Å². The van der Waals surface area contributed by atoms with Crippen LogP contribution < -0.4 is 36.1 Å². The molecule has 0 bridgehead atoms. The van der Waals surface area contributed by atoms with Gasteiger partial charge in [-0.05, 0) is 118 Å². The summed E-state index contributed by atoms with van der Waals surface area (Å²) < 4.78 is 25.5. The first-order valence-electron chi connectivity index (χ1n) is 29.5. The summed E-state index contributed by atoms with van der Waals surface area (Å²) in [5, 5.41) is 54.1. The molecular weight excluding hydrogens is 1140 g/mol. The third-order valence-electron chi connectivity index (χ3n) is 15.3. The molecule has 88 heavy (non-hydrogen) atoms. The number of hydrogen-bond donors (Lipinski definition) is 8. The van der Waals surface area contributed by atoms with Gasteiger partial charge in [0.05, 0.1) is 49.4 Å². The fraction of sp³-hybridized carbons (Fsp3) is 0.475. The van der Waals surface area contributed by atoms with E-state index >= 15 is 0 Å². The highest BCUT2D eigenvalue weighted by molar-refractivity contribution is 6.01. The number of nitrogens with one attached hydrogen (secondary N) is 6. The first-order chi connectivity index (χ1) is 42.2. The highest BCUT2D eigenvalue weighted by Gasteiger charge is 2.48. The summed E-state index contributed by atoms with van der Waals surface area (Å²) in [6.45, 7) is 9.99. The van der Waals surface area contributed by atoms with E-state index in [9.17, 15) is 43.8 Å². The van der Waals surface area contributed by atoms with Crippen LogP contribution in [-0.4, -0.2) is 167 Å². The maximum absolute atomic E-state index is 14.1. The molecule has 0 spiro atoms. The van der Waals surface area contributed by atoms with E-state index in [4.69, 9.17) is 18.9 Å². The van der Waals surface area contributed by atoms with E-state index in [1.54, 1.807) is 29.2 Å². The quantitative estimate of drug-likeness (QED) is 0.0277. The van der Waals surface area contributed by atoms with Crippen LogP contribution in [0, 0.1) is 37.0 Å². The molecule has 3 aliphatic rings. The standard InChI is InChI=1S/C61H76N14O13/c1-36-54(37(2)70-69-36)38-13-16-42(17-14-38)66-59(82)56(55(39-9-10-39)40-11-12-40)68-58(81)49-20-22-65-75(49)29-44(76)27-63-50(77)32-74-28-43(71-72-74)33-85-35-53(79)73-30-47(31-73)86-24-23-62-51(78)34-87-45-7-6-8-46(25-45)88-52-18-15-41(26-64-52)57(80)67-48(60(83)84)19-21-61(3,4)5/h6-8,13-18,20,22,25-26,28,39-40,44,47-48,55-56,76H,9-12,19,21,23-24,27,29-35H2,1-5H3,(H,62,78)(H,63,77)(H,66,82)(H,67,80)(H,68,81)(H,69,70)(H,83,84)/t44?,48-,56-/m0/s1. The Balaban J connectivity index is 0.618. The fourth-order valence-corrected chi connectivity index (χ4v) is 10.3. The highest BCUT2D eigenvalue weighted by Crippen LogP contribution is 2.51.